The largest absolute Gasteiger partial charge is 0.342 e. The van der Waals surface area contributed by atoms with Crippen molar-refractivity contribution in [2.45, 2.75) is 13.0 Å². The van der Waals surface area contributed by atoms with Crippen LogP contribution in [-0.2, 0) is 0 Å². The summed E-state index contributed by atoms with van der Waals surface area (Å²) >= 11 is 5.80. The van der Waals surface area contributed by atoms with Gasteiger partial charge in [0.05, 0.1) is 27.7 Å². The van der Waals surface area contributed by atoms with Crippen LogP contribution in [0.4, 0.5) is 8.78 Å². The van der Waals surface area contributed by atoms with E-state index in [9.17, 15) is 13.6 Å². The van der Waals surface area contributed by atoms with E-state index >= 15 is 0 Å². The zero-order valence-electron chi connectivity index (χ0n) is 12.0. The van der Waals surface area contributed by atoms with Crippen LogP contribution in [0.25, 0.3) is 11.0 Å². The average Bonchev–Trinajstić information content (AvgIpc) is 2.95. The van der Waals surface area contributed by atoms with E-state index in [1.54, 1.807) is 6.92 Å². The van der Waals surface area contributed by atoms with Gasteiger partial charge in [0, 0.05) is 0 Å². The molecule has 0 radical (unpaired) electrons. The summed E-state index contributed by atoms with van der Waals surface area (Å²) < 4.78 is 26.3. The van der Waals surface area contributed by atoms with Crippen LogP contribution in [0.3, 0.4) is 0 Å². The quantitative estimate of drug-likeness (QED) is 0.711. The number of rotatable bonds is 3. The zero-order chi connectivity index (χ0) is 16.6. The number of halogens is 3. The number of aromatic nitrogens is 2. The summed E-state index contributed by atoms with van der Waals surface area (Å²) in [7, 11) is 0. The van der Waals surface area contributed by atoms with Crippen LogP contribution in [-0.4, -0.2) is 15.9 Å². The lowest BCUT2D eigenvalue weighted by Crippen LogP contribution is -2.27. The summed E-state index contributed by atoms with van der Waals surface area (Å²) in [6.45, 7) is 1.73. The van der Waals surface area contributed by atoms with Gasteiger partial charge in [0.15, 0.2) is 11.6 Å². The second-order valence-electron chi connectivity index (χ2n) is 5.08. The molecule has 0 bridgehead atoms. The minimum atomic E-state index is -1.13. The number of carbonyl (C=O) groups excluding carboxylic acids is 1. The molecule has 0 spiro atoms. The van der Waals surface area contributed by atoms with Crippen LogP contribution in [0.2, 0.25) is 5.02 Å². The van der Waals surface area contributed by atoms with E-state index in [1.165, 1.54) is 0 Å². The van der Waals surface area contributed by atoms with Crippen molar-refractivity contribution < 1.29 is 13.6 Å². The normalized spacial score (nSPS) is 12.3. The molecule has 1 heterocycles. The number of nitrogens with zero attached hydrogens (tertiary/aromatic N) is 1. The third kappa shape index (κ3) is 3.03. The minimum Gasteiger partial charge on any atom is -0.342 e. The van der Waals surface area contributed by atoms with Crippen molar-refractivity contribution in [3.05, 3.63) is 64.4 Å². The first-order valence-corrected chi connectivity index (χ1v) is 7.23. The summed E-state index contributed by atoms with van der Waals surface area (Å²) in [5.74, 6) is -2.28. The average molecular weight is 336 g/mol. The summed E-state index contributed by atoms with van der Waals surface area (Å²) in [6.07, 6.45) is 0. The van der Waals surface area contributed by atoms with E-state index in [2.05, 4.69) is 15.3 Å². The molecule has 0 aliphatic carbocycles. The van der Waals surface area contributed by atoms with Gasteiger partial charge in [0.25, 0.3) is 5.91 Å². The minimum absolute atomic E-state index is 0.131. The number of amides is 1. The van der Waals surface area contributed by atoms with Gasteiger partial charge in [-0.05, 0) is 31.2 Å². The maximum atomic E-state index is 13.3. The lowest BCUT2D eigenvalue weighted by Gasteiger charge is -2.12. The van der Waals surface area contributed by atoms with Crippen LogP contribution in [0.15, 0.2) is 36.4 Å². The van der Waals surface area contributed by atoms with Crippen molar-refractivity contribution in [3.8, 4) is 0 Å². The molecule has 118 valence electrons. The van der Waals surface area contributed by atoms with Gasteiger partial charge in [-0.15, -0.1) is 0 Å². The summed E-state index contributed by atoms with van der Waals surface area (Å²) in [6, 6.07) is 8.53. The van der Waals surface area contributed by atoms with Gasteiger partial charge in [0.2, 0.25) is 0 Å². The van der Waals surface area contributed by atoms with Gasteiger partial charge < -0.3 is 10.3 Å². The predicted molar refractivity (Wildman–Crippen MR) is 83.3 cm³/mol. The van der Waals surface area contributed by atoms with Crippen molar-refractivity contribution in [1.29, 1.82) is 0 Å². The number of imidazole rings is 1. The van der Waals surface area contributed by atoms with E-state index in [4.69, 9.17) is 11.6 Å². The Labute approximate surface area is 135 Å². The Hall–Kier alpha value is -2.47. The molecule has 0 saturated heterocycles. The van der Waals surface area contributed by atoms with Crippen LogP contribution in [0.1, 0.15) is 29.1 Å². The first-order chi connectivity index (χ1) is 11.0. The highest BCUT2D eigenvalue weighted by molar-refractivity contribution is 6.33. The van der Waals surface area contributed by atoms with E-state index in [0.717, 1.165) is 23.2 Å². The van der Waals surface area contributed by atoms with E-state index in [0.29, 0.717) is 5.82 Å². The molecule has 4 nitrogen and oxygen atoms in total. The Bertz CT molecular complexity index is 861. The van der Waals surface area contributed by atoms with Crippen LogP contribution < -0.4 is 5.32 Å². The molecule has 2 N–H and O–H groups in total. The van der Waals surface area contributed by atoms with E-state index in [1.807, 2.05) is 24.3 Å². The molecule has 0 fully saturated rings. The molecular formula is C16H12ClF2N3O. The van der Waals surface area contributed by atoms with E-state index in [-0.39, 0.29) is 10.6 Å². The lowest BCUT2D eigenvalue weighted by molar-refractivity contribution is 0.0938. The monoisotopic (exact) mass is 335 g/mol. The summed E-state index contributed by atoms with van der Waals surface area (Å²) in [5, 5.41) is 2.50. The molecule has 1 atom stereocenters. The summed E-state index contributed by atoms with van der Waals surface area (Å²) in [5.41, 5.74) is 1.48. The second-order valence-corrected chi connectivity index (χ2v) is 5.49. The second kappa shape index (κ2) is 5.96. The molecule has 7 heteroatoms. The number of carbonyl (C=O) groups is 1. The molecule has 2 aromatic carbocycles. The maximum absolute atomic E-state index is 13.3. The van der Waals surface area contributed by atoms with Gasteiger partial charge in [-0.3, -0.25) is 4.79 Å². The van der Waals surface area contributed by atoms with Gasteiger partial charge in [0.1, 0.15) is 5.82 Å². The van der Waals surface area contributed by atoms with Gasteiger partial charge in [-0.2, -0.15) is 0 Å². The van der Waals surface area contributed by atoms with E-state index < -0.39 is 23.6 Å². The topological polar surface area (TPSA) is 57.8 Å². The first kappa shape index (κ1) is 15.4. The Morgan fingerprint density at radius 3 is 2.70 bits per heavy atom. The van der Waals surface area contributed by atoms with Gasteiger partial charge >= 0.3 is 0 Å². The third-order valence-corrected chi connectivity index (χ3v) is 3.73. The Balaban J connectivity index is 1.83. The molecule has 23 heavy (non-hydrogen) atoms. The number of aromatic amines is 1. The highest BCUT2D eigenvalue weighted by Gasteiger charge is 2.19. The van der Waals surface area contributed by atoms with Crippen LogP contribution in [0.5, 0.6) is 0 Å². The number of nitrogens with one attached hydrogen (secondary N) is 2. The van der Waals surface area contributed by atoms with Crippen molar-refractivity contribution in [2.24, 2.45) is 0 Å². The molecular weight excluding hydrogens is 324 g/mol. The van der Waals surface area contributed by atoms with Crippen molar-refractivity contribution >= 4 is 28.5 Å². The number of H-pyrrole nitrogens is 1. The predicted octanol–water partition coefficient (Wildman–Crippen LogP) is 3.99. The number of fused-ring (bicyclic) bond motifs is 1. The molecule has 3 aromatic rings. The van der Waals surface area contributed by atoms with Gasteiger partial charge in [-0.25, -0.2) is 13.8 Å². The smallest absolute Gasteiger partial charge is 0.253 e. The van der Waals surface area contributed by atoms with Crippen LogP contribution >= 0.6 is 11.6 Å². The number of hydrogen-bond acceptors (Lipinski definition) is 2. The van der Waals surface area contributed by atoms with Gasteiger partial charge in [-0.1, -0.05) is 23.7 Å². The highest BCUT2D eigenvalue weighted by atomic mass is 35.5. The fraction of sp³-hybridized carbons (Fsp3) is 0.125. The highest BCUT2D eigenvalue weighted by Crippen LogP contribution is 2.21. The van der Waals surface area contributed by atoms with Crippen molar-refractivity contribution in [2.75, 3.05) is 0 Å². The summed E-state index contributed by atoms with van der Waals surface area (Å²) in [4.78, 5) is 19.7. The SMILES string of the molecule is C[C@H](NC(=O)c1cc(F)c(F)cc1Cl)c1nc2ccccc2[nH]1. The van der Waals surface area contributed by atoms with Crippen molar-refractivity contribution in [3.63, 3.8) is 0 Å². The third-order valence-electron chi connectivity index (χ3n) is 3.42. The molecule has 3 rings (SSSR count). The first-order valence-electron chi connectivity index (χ1n) is 6.86. The number of para-hydroxylation sites is 2. The number of benzene rings is 2. The number of hydrogen-bond donors (Lipinski definition) is 2. The fourth-order valence-electron chi connectivity index (χ4n) is 2.22. The molecule has 0 unspecified atom stereocenters. The molecule has 1 aromatic heterocycles. The molecule has 0 saturated carbocycles. The van der Waals surface area contributed by atoms with Crippen molar-refractivity contribution in [1.82, 2.24) is 15.3 Å². The molecule has 1 amide bonds. The standard InChI is InChI=1S/C16H12ClF2N3O/c1-8(15-21-13-4-2-3-5-14(13)22-15)20-16(23)9-6-11(18)12(19)7-10(9)17/h2-8H,1H3,(H,20,23)(H,21,22)/t8-/m0/s1. The van der Waals surface area contributed by atoms with Crippen LogP contribution in [0, 0.1) is 11.6 Å². The Morgan fingerprint density at radius 2 is 1.96 bits per heavy atom. The Morgan fingerprint density at radius 1 is 1.26 bits per heavy atom. The fourth-order valence-corrected chi connectivity index (χ4v) is 2.45. The molecule has 0 aliphatic heterocycles. The Kier molecular flexibility index (Phi) is 4.00. The zero-order valence-corrected chi connectivity index (χ0v) is 12.8. The maximum Gasteiger partial charge on any atom is 0.253 e. The molecule has 0 aliphatic rings. The lowest BCUT2D eigenvalue weighted by atomic mass is 10.2.